The van der Waals surface area contributed by atoms with Gasteiger partial charge in [-0.1, -0.05) is 59.8 Å². The number of thioether (sulfide) groups is 1. The summed E-state index contributed by atoms with van der Waals surface area (Å²) in [5.41, 5.74) is 7.25. The highest BCUT2D eigenvalue weighted by Gasteiger charge is 2.10. The van der Waals surface area contributed by atoms with Gasteiger partial charge >= 0.3 is 5.97 Å². The average Bonchev–Trinajstić information content (AvgIpc) is 2.55. The maximum absolute atomic E-state index is 11.1. The highest BCUT2D eigenvalue weighted by Crippen LogP contribution is 2.18. The Kier molecular flexibility index (Phi) is 6.19. The SMILES string of the molecule is NC(=NN=Cc1c(Cl)cccc1C(=O)O)SCc1ccccc1. The quantitative estimate of drug-likeness (QED) is 0.491. The predicted octanol–water partition coefficient (Wildman–Crippen LogP) is 3.62. The van der Waals surface area contributed by atoms with Crippen LogP contribution in [-0.2, 0) is 5.75 Å². The fourth-order valence-electron chi connectivity index (χ4n) is 1.76. The van der Waals surface area contributed by atoms with Gasteiger partial charge in [0.25, 0.3) is 0 Å². The maximum Gasteiger partial charge on any atom is 0.336 e. The van der Waals surface area contributed by atoms with Crippen molar-refractivity contribution in [3.63, 3.8) is 0 Å². The zero-order chi connectivity index (χ0) is 16.7. The molecule has 0 aromatic heterocycles. The van der Waals surface area contributed by atoms with Crippen LogP contribution in [-0.4, -0.2) is 22.5 Å². The average molecular weight is 348 g/mol. The molecule has 0 unspecified atom stereocenters. The summed E-state index contributed by atoms with van der Waals surface area (Å²) in [5.74, 6) is -0.401. The standard InChI is InChI=1S/C16H14ClN3O2S/c17-14-8-4-7-12(15(21)22)13(14)9-19-20-16(18)23-10-11-5-2-1-3-6-11/h1-9H,10H2,(H2,18,20)(H,21,22). The van der Waals surface area contributed by atoms with E-state index in [1.807, 2.05) is 30.3 Å². The number of rotatable bonds is 5. The van der Waals surface area contributed by atoms with Crippen LogP contribution in [0.5, 0.6) is 0 Å². The number of benzene rings is 2. The van der Waals surface area contributed by atoms with E-state index in [2.05, 4.69) is 10.2 Å². The lowest BCUT2D eigenvalue weighted by Gasteiger charge is -2.02. The minimum atomic E-state index is -1.08. The molecule has 7 heteroatoms. The molecule has 0 atom stereocenters. The first kappa shape index (κ1) is 17.1. The van der Waals surface area contributed by atoms with Crippen LogP contribution < -0.4 is 5.73 Å². The molecular weight excluding hydrogens is 334 g/mol. The Bertz CT molecular complexity index is 748. The minimum Gasteiger partial charge on any atom is -0.478 e. The molecule has 0 aliphatic rings. The number of hydrogen-bond donors (Lipinski definition) is 2. The van der Waals surface area contributed by atoms with E-state index in [-0.39, 0.29) is 10.7 Å². The van der Waals surface area contributed by atoms with Crippen molar-refractivity contribution in [1.82, 2.24) is 0 Å². The fraction of sp³-hybridized carbons (Fsp3) is 0.0625. The normalized spacial score (nSPS) is 11.8. The van der Waals surface area contributed by atoms with Crippen molar-refractivity contribution in [2.75, 3.05) is 0 Å². The molecule has 0 saturated carbocycles. The second kappa shape index (κ2) is 8.36. The van der Waals surface area contributed by atoms with Crippen LogP contribution in [0, 0.1) is 0 Å². The molecule has 0 aliphatic heterocycles. The van der Waals surface area contributed by atoms with Crippen molar-refractivity contribution in [2.24, 2.45) is 15.9 Å². The van der Waals surface area contributed by atoms with Crippen molar-refractivity contribution in [3.05, 3.63) is 70.2 Å². The van der Waals surface area contributed by atoms with Gasteiger partial charge in [-0.15, -0.1) is 5.10 Å². The number of nitrogens with zero attached hydrogens (tertiary/aromatic N) is 2. The van der Waals surface area contributed by atoms with E-state index in [0.29, 0.717) is 16.3 Å². The van der Waals surface area contributed by atoms with Crippen LogP contribution >= 0.6 is 23.4 Å². The summed E-state index contributed by atoms with van der Waals surface area (Å²) < 4.78 is 0. The molecule has 0 bridgehead atoms. The minimum absolute atomic E-state index is 0.0620. The van der Waals surface area contributed by atoms with Gasteiger partial charge in [-0.2, -0.15) is 5.10 Å². The van der Waals surface area contributed by atoms with E-state index in [0.717, 1.165) is 5.56 Å². The van der Waals surface area contributed by atoms with Crippen molar-refractivity contribution in [3.8, 4) is 0 Å². The monoisotopic (exact) mass is 347 g/mol. The van der Waals surface area contributed by atoms with Crippen LogP contribution in [0.3, 0.4) is 0 Å². The molecule has 2 aromatic carbocycles. The summed E-state index contributed by atoms with van der Waals surface area (Å²) in [6.45, 7) is 0. The van der Waals surface area contributed by atoms with Crippen LogP contribution in [0.2, 0.25) is 5.02 Å². The number of amidine groups is 1. The van der Waals surface area contributed by atoms with Gasteiger partial charge in [-0.05, 0) is 17.7 Å². The Morgan fingerprint density at radius 1 is 1.22 bits per heavy atom. The summed E-state index contributed by atoms with van der Waals surface area (Å²) in [7, 11) is 0. The number of halogens is 1. The molecule has 5 nitrogen and oxygen atoms in total. The highest BCUT2D eigenvalue weighted by atomic mass is 35.5. The van der Waals surface area contributed by atoms with E-state index in [1.54, 1.807) is 12.1 Å². The summed E-state index contributed by atoms with van der Waals surface area (Å²) in [6, 6.07) is 14.4. The molecule has 3 N–H and O–H groups in total. The van der Waals surface area contributed by atoms with Gasteiger partial charge in [0.05, 0.1) is 16.8 Å². The first-order chi connectivity index (χ1) is 11.1. The van der Waals surface area contributed by atoms with E-state index < -0.39 is 5.97 Å². The number of carboxylic acids is 1. The van der Waals surface area contributed by atoms with E-state index in [9.17, 15) is 4.79 Å². The third kappa shape index (κ3) is 5.12. The molecule has 0 spiro atoms. The lowest BCUT2D eigenvalue weighted by Crippen LogP contribution is -2.06. The molecule has 0 heterocycles. The van der Waals surface area contributed by atoms with Gasteiger partial charge in [0, 0.05) is 11.3 Å². The number of hydrogen-bond acceptors (Lipinski definition) is 4. The van der Waals surface area contributed by atoms with E-state index in [4.69, 9.17) is 22.4 Å². The first-order valence-electron chi connectivity index (χ1n) is 6.63. The Hall–Kier alpha value is -2.31. The third-order valence-corrected chi connectivity index (χ3v) is 4.04. The fourth-order valence-corrected chi connectivity index (χ4v) is 2.59. The van der Waals surface area contributed by atoms with Crippen LogP contribution in [0.25, 0.3) is 0 Å². The van der Waals surface area contributed by atoms with Gasteiger partial charge in [0.1, 0.15) is 0 Å². The van der Waals surface area contributed by atoms with Gasteiger partial charge in [-0.25, -0.2) is 4.79 Å². The van der Waals surface area contributed by atoms with Gasteiger partial charge in [0.15, 0.2) is 5.17 Å². The third-order valence-electron chi connectivity index (χ3n) is 2.86. The van der Waals surface area contributed by atoms with E-state index in [1.165, 1.54) is 24.0 Å². The molecule has 2 aromatic rings. The van der Waals surface area contributed by atoms with Gasteiger partial charge in [-0.3, -0.25) is 0 Å². The largest absolute Gasteiger partial charge is 0.478 e. The van der Waals surface area contributed by atoms with Crippen LogP contribution in [0.1, 0.15) is 21.5 Å². The number of nitrogens with two attached hydrogens (primary N) is 1. The lowest BCUT2D eigenvalue weighted by molar-refractivity contribution is 0.0697. The number of carboxylic acid groups (broad SMARTS) is 1. The lowest BCUT2D eigenvalue weighted by atomic mass is 10.1. The van der Waals surface area contributed by atoms with Gasteiger partial charge in [0.2, 0.25) is 0 Å². The molecule has 2 rings (SSSR count). The number of aromatic carboxylic acids is 1. The Balaban J connectivity index is 2.04. The number of carbonyl (C=O) groups is 1. The highest BCUT2D eigenvalue weighted by molar-refractivity contribution is 8.13. The Labute approximate surface area is 142 Å². The van der Waals surface area contributed by atoms with Crippen LogP contribution in [0.4, 0.5) is 0 Å². The summed E-state index contributed by atoms with van der Waals surface area (Å²) in [5, 5.41) is 17.4. The van der Waals surface area contributed by atoms with Crippen molar-refractivity contribution in [2.45, 2.75) is 5.75 Å². The maximum atomic E-state index is 11.1. The van der Waals surface area contributed by atoms with Crippen molar-refractivity contribution >= 4 is 40.7 Å². The van der Waals surface area contributed by atoms with Crippen molar-refractivity contribution in [1.29, 1.82) is 0 Å². The second-order valence-corrected chi connectivity index (χ2v) is 5.87. The predicted molar refractivity (Wildman–Crippen MR) is 95.4 cm³/mol. The molecule has 0 aliphatic carbocycles. The first-order valence-corrected chi connectivity index (χ1v) is 7.99. The Morgan fingerprint density at radius 3 is 2.65 bits per heavy atom. The van der Waals surface area contributed by atoms with E-state index >= 15 is 0 Å². The Morgan fingerprint density at radius 2 is 1.96 bits per heavy atom. The summed E-state index contributed by atoms with van der Waals surface area (Å²) >= 11 is 7.33. The van der Waals surface area contributed by atoms with Crippen LogP contribution in [0.15, 0.2) is 58.7 Å². The molecule has 118 valence electrons. The van der Waals surface area contributed by atoms with Crippen molar-refractivity contribution < 1.29 is 9.90 Å². The molecular formula is C16H14ClN3O2S. The molecule has 0 fully saturated rings. The molecule has 23 heavy (non-hydrogen) atoms. The molecule has 0 amide bonds. The smallest absolute Gasteiger partial charge is 0.336 e. The summed E-state index contributed by atoms with van der Waals surface area (Å²) in [6.07, 6.45) is 1.29. The topological polar surface area (TPSA) is 88.0 Å². The second-order valence-electron chi connectivity index (χ2n) is 4.46. The zero-order valence-corrected chi connectivity index (χ0v) is 13.6. The molecule has 0 radical (unpaired) electrons. The summed E-state index contributed by atoms with van der Waals surface area (Å²) in [4.78, 5) is 11.1. The van der Waals surface area contributed by atoms with Gasteiger partial charge < -0.3 is 10.8 Å². The molecule has 0 saturated heterocycles. The zero-order valence-electron chi connectivity index (χ0n) is 12.0.